The van der Waals surface area contributed by atoms with Crippen LogP contribution in [0.4, 0.5) is 0 Å². The van der Waals surface area contributed by atoms with E-state index < -0.39 is 57.7 Å². The molecular weight excluding hydrogens is 757 g/mol. The lowest BCUT2D eigenvalue weighted by atomic mass is 10.2. The summed E-state index contributed by atoms with van der Waals surface area (Å²) < 4.78 is 32.5. The number of carbonyl (C=O) groups is 3. The first-order chi connectivity index (χ1) is 28.1. The van der Waals surface area contributed by atoms with Crippen LogP contribution >= 0.6 is 7.82 Å². The van der Waals surface area contributed by atoms with Gasteiger partial charge in [0.2, 0.25) is 0 Å². The number of carboxylic acids is 1. The number of hydrogen-bond acceptors (Lipinski definition) is 9. The quantitative estimate of drug-likeness (QED) is 0.0237. The first kappa shape index (κ1) is 53.9. The Morgan fingerprint density at radius 1 is 0.534 bits per heavy atom. The number of carbonyl (C=O) groups excluding carboxylic acids is 2. The molecular formula is C46H70NO10P. The Labute approximate surface area is 348 Å². The van der Waals surface area contributed by atoms with Crippen molar-refractivity contribution in [3.8, 4) is 0 Å². The smallest absolute Gasteiger partial charge is 0.472 e. The number of rotatable bonds is 36. The summed E-state index contributed by atoms with van der Waals surface area (Å²) in [6, 6.07) is -1.55. The number of hydrogen-bond donors (Lipinski definition) is 3. The van der Waals surface area contributed by atoms with Gasteiger partial charge in [0.1, 0.15) is 12.6 Å². The molecule has 0 spiro atoms. The van der Waals surface area contributed by atoms with Crippen molar-refractivity contribution < 1.29 is 47.5 Å². The Balaban J connectivity index is 4.63. The molecule has 0 saturated carbocycles. The number of aliphatic carboxylic acids is 1. The third-order valence-corrected chi connectivity index (χ3v) is 8.67. The molecule has 58 heavy (non-hydrogen) atoms. The van der Waals surface area contributed by atoms with Crippen LogP contribution in [0.25, 0.3) is 0 Å². The highest BCUT2D eigenvalue weighted by Crippen LogP contribution is 2.43. The van der Waals surface area contributed by atoms with E-state index in [2.05, 4.69) is 122 Å². The average molecular weight is 828 g/mol. The van der Waals surface area contributed by atoms with Crippen molar-refractivity contribution in [3.05, 3.63) is 122 Å². The molecule has 0 amide bonds. The molecule has 0 aromatic carbocycles. The number of nitrogens with two attached hydrogens (primary N) is 1. The Bertz CT molecular complexity index is 1440. The number of phosphoric acid groups is 1. The van der Waals surface area contributed by atoms with Gasteiger partial charge in [-0.3, -0.25) is 23.4 Å². The lowest BCUT2D eigenvalue weighted by molar-refractivity contribution is -0.161. The van der Waals surface area contributed by atoms with Gasteiger partial charge in [0, 0.05) is 12.8 Å². The summed E-state index contributed by atoms with van der Waals surface area (Å²) in [7, 11) is -4.75. The van der Waals surface area contributed by atoms with Crippen LogP contribution in [0.5, 0.6) is 0 Å². The highest BCUT2D eigenvalue weighted by atomic mass is 31.2. The molecule has 0 aromatic rings. The van der Waals surface area contributed by atoms with Crippen LogP contribution in [0.1, 0.15) is 117 Å². The Morgan fingerprint density at radius 2 is 0.931 bits per heavy atom. The largest absolute Gasteiger partial charge is 0.480 e. The molecule has 0 aromatic heterocycles. The fourth-order valence-electron chi connectivity index (χ4n) is 4.55. The van der Waals surface area contributed by atoms with Crippen LogP contribution in [-0.4, -0.2) is 59.9 Å². The first-order valence-electron chi connectivity index (χ1n) is 20.6. The molecule has 0 fully saturated rings. The van der Waals surface area contributed by atoms with Gasteiger partial charge in [-0.1, -0.05) is 135 Å². The molecule has 0 aliphatic heterocycles. The van der Waals surface area contributed by atoms with E-state index in [1.54, 1.807) is 0 Å². The zero-order valence-corrected chi connectivity index (χ0v) is 35.7. The van der Waals surface area contributed by atoms with Gasteiger partial charge in [-0.05, 0) is 89.9 Å². The van der Waals surface area contributed by atoms with Crippen molar-refractivity contribution in [1.29, 1.82) is 0 Å². The van der Waals surface area contributed by atoms with E-state index in [1.165, 1.54) is 0 Å². The summed E-state index contributed by atoms with van der Waals surface area (Å²) >= 11 is 0. The molecule has 0 bridgehead atoms. The number of carboxylic acid groups (broad SMARTS) is 1. The van der Waals surface area contributed by atoms with E-state index in [1.807, 2.05) is 18.2 Å². The van der Waals surface area contributed by atoms with E-state index in [0.717, 1.165) is 70.6 Å². The molecule has 0 rings (SSSR count). The monoisotopic (exact) mass is 827 g/mol. The summed E-state index contributed by atoms with van der Waals surface area (Å²) in [6.45, 7) is 2.42. The maximum absolute atomic E-state index is 12.6. The standard InChI is InChI=1S/C46H70NO10P/c1-3-5-7-9-11-13-15-17-19-20-21-22-24-26-28-30-32-34-36-38-45(49)57-42(40-55-58(52,53)56-41-43(47)46(50)51)39-54-44(48)37-35-33-31-29-27-25-23-18-16-14-12-10-8-6-4-2/h5-8,11-14,17-19,21-23,26-29,32,34,42-43H,3-4,9-10,15-16,20,24-25,30-31,33,35-41,47H2,1-2H3,(H,50,51)(H,52,53)/b7-5+,8-6+,13-11+,14-12+,19-17+,22-21+,23-18+,28-26+,29-27+,34-32+/t42-,43+/m1/s1. The van der Waals surface area contributed by atoms with Gasteiger partial charge in [-0.2, -0.15) is 0 Å². The Kier molecular flexibility index (Phi) is 36.9. The van der Waals surface area contributed by atoms with Crippen molar-refractivity contribution in [2.75, 3.05) is 19.8 Å². The molecule has 1 unspecified atom stereocenters. The zero-order valence-electron chi connectivity index (χ0n) is 34.8. The highest BCUT2D eigenvalue weighted by Gasteiger charge is 2.28. The Morgan fingerprint density at radius 3 is 1.36 bits per heavy atom. The fraction of sp³-hybridized carbons (Fsp3) is 0.500. The van der Waals surface area contributed by atoms with Crippen LogP contribution in [0.15, 0.2) is 122 Å². The number of allylic oxidation sites excluding steroid dienone is 20. The van der Waals surface area contributed by atoms with Gasteiger partial charge in [0.25, 0.3) is 0 Å². The molecule has 0 heterocycles. The summed E-state index contributed by atoms with van der Waals surface area (Å²) in [5.74, 6) is -2.56. The minimum absolute atomic E-state index is 0.0185. The van der Waals surface area contributed by atoms with Crippen LogP contribution < -0.4 is 5.73 Å². The van der Waals surface area contributed by atoms with E-state index in [9.17, 15) is 23.8 Å². The van der Waals surface area contributed by atoms with Crippen LogP contribution in [-0.2, 0) is 37.5 Å². The van der Waals surface area contributed by atoms with Gasteiger partial charge in [-0.25, -0.2) is 4.57 Å². The van der Waals surface area contributed by atoms with Crippen molar-refractivity contribution in [2.45, 2.75) is 129 Å². The molecule has 11 nitrogen and oxygen atoms in total. The molecule has 0 aliphatic rings. The Hall–Kier alpha value is -4.12. The minimum Gasteiger partial charge on any atom is -0.480 e. The van der Waals surface area contributed by atoms with Gasteiger partial charge in [0.15, 0.2) is 6.10 Å². The SMILES string of the molecule is CC/C=C/C/C=C/C/C=C/C/C=C/C/C=C/C/C=C/CCC(=O)O[C@H](COC(=O)CCCC/C=C/C/C=C/C/C=C/C/C=C/CC)COP(=O)(O)OC[C@H](N)C(=O)O. The lowest BCUT2D eigenvalue weighted by Crippen LogP contribution is -2.34. The molecule has 324 valence electrons. The summed E-state index contributed by atoms with van der Waals surface area (Å²) in [6.07, 6.45) is 52.9. The number of phosphoric ester groups is 1. The number of ether oxygens (including phenoxy) is 2. The zero-order chi connectivity index (χ0) is 42.8. The maximum Gasteiger partial charge on any atom is 0.472 e. The predicted octanol–water partition coefficient (Wildman–Crippen LogP) is 10.8. The molecule has 12 heteroatoms. The van der Waals surface area contributed by atoms with Crippen LogP contribution in [0.3, 0.4) is 0 Å². The third kappa shape index (κ3) is 38.7. The topological polar surface area (TPSA) is 172 Å². The number of unbranched alkanes of at least 4 members (excludes halogenated alkanes) is 2. The van der Waals surface area contributed by atoms with E-state index in [-0.39, 0.29) is 12.8 Å². The maximum atomic E-state index is 12.6. The molecule has 3 atom stereocenters. The summed E-state index contributed by atoms with van der Waals surface area (Å²) in [5, 5.41) is 8.88. The van der Waals surface area contributed by atoms with Crippen LogP contribution in [0, 0.1) is 0 Å². The second kappa shape index (κ2) is 39.7. The molecule has 4 N–H and O–H groups in total. The van der Waals surface area contributed by atoms with Gasteiger partial charge < -0.3 is 25.2 Å². The predicted molar refractivity (Wildman–Crippen MR) is 235 cm³/mol. The second-order valence-electron chi connectivity index (χ2n) is 13.0. The van der Waals surface area contributed by atoms with Gasteiger partial charge in [0.05, 0.1) is 13.2 Å². The van der Waals surface area contributed by atoms with E-state index >= 15 is 0 Å². The molecule has 0 aliphatic carbocycles. The van der Waals surface area contributed by atoms with Crippen molar-refractivity contribution >= 4 is 25.7 Å². The lowest BCUT2D eigenvalue weighted by Gasteiger charge is -2.20. The second-order valence-corrected chi connectivity index (χ2v) is 14.5. The van der Waals surface area contributed by atoms with Crippen LogP contribution in [0.2, 0.25) is 0 Å². The summed E-state index contributed by atoms with van der Waals surface area (Å²) in [5.41, 5.74) is 5.32. The minimum atomic E-state index is -4.75. The van der Waals surface area contributed by atoms with E-state index in [0.29, 0.717) is 19.3 Å². The number of esters is 2. The first-order valence-corrected chi connectivity index (χ1v) is 22.1. The average Bonchev–Trinajstić information content (AvgIpc) is 3.20. The fourth-order valence-corrected chi connectivity index (χ4v) is 5.33. The third-order valence-electron chi connectivity index (χ3n) is 7.72. The summed E-state index contributed by atoms with van der Waals surface area (Å²) in [4.78, 5) is 45.9. The van der Waals surface area contributed by atoms with E-state index in [4.69, 9.17) is 24.8 Å². The van der Waals surface area contributed by atoms with Crippen molar-refractivity contribution in [3.63, 3.8) is 0 Å². The molecule has 0 radical (unpaired) electrons. The highest BCUT2D eigenvalue weighted by molar-refractivity contribution is 7.47. The normalized spacial score (nSPS) is 15.0. The molecule has 0 saturated heterocycles. The van der Waals surface area contributed by atoms with Gasteiger partial charge in [-0.15, -0.1) is 0 Å². The van der Waals surface area contributed by atoms with Crippen molar-refractivity contribution in [1.82, 2.24) is 0 Å². The van der Waals surface area contributed by atoms with Crippen molar-refractivity contribution in [2.24, 2.45) is 5.73 Å². The van der Waals surface area contributed by atoms with Gasteiger partial charge >= 0.3 is 25.7 Å².